The Bertz CT molecular complexity index is 1250. The van der Waals surface area contributed by atoms with E-state index in [0.29, 0.717) is 71.7 Å². The lowest BCUT2D eigenvalue weighted by molar-refractivity contribution is -0.145. The molecule has 0 amide bonds. The predicted molar refractivity (Wildman–Crippen MR) is 318 cm³/mol. The molecule has 0 bridgehead atoms. The average Bonchev–Trinajstić information content (AvgIpc) is 3.43. The standard InChI is InChI=1S/C63H125N5O8/c1-8-14-17-20-23-26-29-32-35-38-57-74-61(70)42-46-67(45-41-60(69)73-7)55-53-65(12-5)51-49-64(11-4)50-52-66(13-6)54-56-68(47-43-62(71)75-58-39-36-33-30-27-24-21-18-15-9-2)48-44-63(72)76-59-40-37-34-31-28-25-22-19-16-10-3/h8-59H2,1-7H3. The predicted octanol–water partition coefficient (Wildman–Crippen LogP) is 13.7. The molecule has 0 N–H and O–H groups in total. The molecule has 0 radical (unpaired) electrons. The van der Waals surface area contributed by atoms with Crippen LogP contribution in [0.2, 0.25) is 0 Å². The Hall–Kier alpha value is -2.32. The molecule has 76 heavy (non-hydrogen) atoms. The molecule has 0 aliphatic carbocycles. The number of hydrogen-bond acceptors (Lipinski definition) is 13. The second kappa shape index (κ2) is 57.4. The molecule has 0 aromatic carbocycles. The zero-order valence-electron chi connectivity index (χ0n) is 51.3. The maximum atomic E-state index is 12.9. The van der Waals surface area contributed by atoms with Crippen LogP contribution in [-0.2, 0) is 38.1 Å². The first-order valence-corrected chi connectivity index (χ1v) is 32.3. The number of hydrogen-bond donors (Lipinski definition) is 0. The molecule has 0 unspecified atom stereocenters. The highest BCUT2D eigenvalue weighted by atomic mass is 16.5. The Morgan fingerprint density at radius 1 is 0.250 bits per heavy atom. The summed E-state index contributed by atoms with van der Waals surface area (Å²) < 4.78 is 21.9. The van der Waals surface area contributed by atoms with E-state index in [0.717, 1.165) is 111 Å². The van der Waals surface area contributed by atoms with Crippen molar-refractivity contribution < 1.29 is 38.1 Å². The molecule has 0 aliphatic rings. The number of esters is 4. The Morgan fingerprint density at radius 3 is 0.658 bits per heavy atom. The van der Waals surface area contributed by atoms with Gasteiger partial charge in [-0.3, -0.25) is 19.2 Å². The maximum Gasteiger partial charge on any atom is 0.307 e. The van der Waals surface area contributed by atoms with E-state index in [4.69, 9.17) is 18.9 Å². The number of methoxy groups -OCH3 is 1. The van der Waals surface area contributed by atoms with Gasteiger partial charge in [-0.1, -0.05) is 215 Å². The molecule has 0 heterocycles. The summed E-state index contributed by atoms with van der Waals surface area (Å²) in [6.45, 7) is 26.9. The molecule has 13 nitrogen and oxygen atoms in total. The van der Waals surface area contributed by atoms with Gasteiger partial charge in [0.25, 0.3) is 0 Å². The minimum absolute atomic E-state index is 0.153. The Kier molecular flexibility index (Phi) is 55.6. The zero-order valence-corrected chi connectivity index (χ0v) is 51.3. The normalized spacial score (nSPS) is 11.7. The van der Waals surface area contributed by atoms with Gasteiger partial charge in [-0.15, -0.1) is 0 Å². The summed E-state index contributed by atoms with van der Waals surface area (Å²) >= 11 is 0. The van der Waals surface area contributed by atoms with Crippen LogP contribution in [0.4, 0.5) is 0 Å². The van der Waals surface area contributed by atoms with Crippen molar-refractivity contribution >= 4 is 23.9 Å². The molecule has 0 saturated carbocycles. The van der Waals surface area contributed by atoms with Crippen LogP contribution in [0.15, 0.2) is 0 Å². The smallest absolute Gasteiger partial charge is 0.307 e. The SMILES string of the molecule is CCCCCCCCCCCCOC(=O)CCN(CCC(=O)OC)CCN(CC)CCN(CC)CCN(CC)CCN(CCC(=O)OCCCCCCCCCCCC)CCC(=O)OCCCCCCCCCCCC. The fourth-order valence-corrected chi connectivity index (χ4v) is 9.73. The van der Waals surface area contributed by atoms with Crippen molar-refractivity contribution in [3.05, 3.63) is 0 Å². The number of carbonyl (C=O) groups is 4. The summed E-state index contributed by atoms with van der Waals surface area (Å²) in [4.78, 5) is 62.5. The first kappa shape index (κ1) is 73.7. The van der Waals surface area contributed by atoms with Crippen LogP contribution in [0.3, 0.4) is 0 Å². The summed E-state index contributed by atoms with van der Waals surface area (Å²) in [6.07, 6.45) is 38.7. The third-order valence-corrected chi connectivity index (χ3v) is 15.3. The van der Waals surface area contributed by atoms with E-state index in [1.807, 2.05) is 0 Å². The Balaban J connectivity index is 5.04. The highest BCUT2D eigenvalue weighted by Gasteiger charge is 2.17. The van der Waals surface area contributed by atoms with E-state index in [9.17, 15) is 19.2 Å². The first-order valence-electron chi connectivity index (χ1n) is 32.3. The van der Waals surface area contributed by atoms with Gasteiger partial charge in [0, 0.05) is 78.5 Å². The minimum Gasteiger partial charge on any atom is -0.469 e. The van der Waals surface area contributed by atoms with Gasteiger partial charge in [0.15, 0.2) is 0 Å². The second-order valence-corrected chi connectivity index (χ2v) is 21.8. The lowest BCUT2D eigenvalue weighted by Gasteiger charge is -2.31. The number of carbonyl (C=O) groups excluding carboxylic acids is 4. The number of rotatable bonds is 60. The molecule has 0 aliphatic heterocycles. The third kappa shape index (κ3) is 49.9. The number of unbranched alkanes of at least 4 members (excludes halogenated alkanes) is 27. The summed E-state index contributed by atoms with van der Waals surface area (Å²) in [7, 11) is 1.42. The van der Waals surface area contributed by atoms with Crippen LogP contribution in [0.1, 0.15) is 260 Å². The van der Waals surface area contributed by atoms with Crippen molar-refractivity contribution in [2.45, 2.75) is 260 Å². The number of nitrogens with zero attached hydrogens (tertiary/aromatic N) is 5. The average molecular weight is 1080 g/mol. The molecule has 0 fully saturated rings. The van der Waals surface area contributed by atoms with Gasteiger partial charge >= 0.3 is 23.9 Å². The van der Waals surface area contributed by atoms with Gasteiger partial charge in [0.2, 0.25) is 0 Å². The molecule has 0 aromatic rings. The molecule has 0 aromatic heterocycles. The van der Waals surface area contributed by atoms with Gasteiger partial charge in [-0.2, -0.15) is 0 Å². The zero-order chi connectivity index (χ0) is 55.8. The molecule has 13 heteroatoms. The van der Waals surface area contributed by atoms with E-state index in [1.165, 1.54) is 161 Å². The summed E-state index contributed by atoms with van der Waals surface area (Å²) in [5.74, 6) is -0.707. The van der Waals surface area contributed by atoms with Crippen LogP contribution in [0.5, 0.6) is 0 Å². The highest BCUT2D eigenvalue weighted by Crippen LogP contribution is 2.14. The van der Waals surface area contributed by atoms with Crippen molar-refractivity contribution in [2.24, 2.45) is 0 Å². The van der Waals surface area contributed by atoms with Crippen molar-refractivity contribution in [2.75, 3.05) is 125 Å². The molecule has 0 atom stereocenters. The van der Waals surface area contributed by atoms with Crippen molar-refractivity contribution in [1.82, 2.24) is 24.5 Å². The van der Waals surface area contributed by atoms with Gasteiger partial charge < -0.3 is 43.4 Å². The molecule has 450 valence electrons. The minimum atomic E-state index is -0.238. The largest absolute Gasteiger partial charge is 0.469 e. The second-order valence-electron chi connectivity index (χ2n) is 21.8. The summed E-state index contributed by atoms with van der Waals surface area (Å²) in [5, 5.41) is 0. The lowest BCUT2D eigenvalue weighted by atomic mass is 10.1. The molecule has 0 spiro atoms. The fraction of sp³-hybridized carbons (Fsp3) is 0.937. The molecule has 0 saturated heterocycles. The van der Waals surface area contributed by atoms with E-state index in [-0.39, 0.29) is 23.9 Å². The van der Waals surface area contributed by atoms with Crippen LogP contribution in [0, 0.1) is 0 Å². The third-order valence-electron chi connectivity index (χ3n) is 15.3. The topological polar surface area (TPSA) is 121 Å². The fourth-order valence-electron chi connectivity index (χ4n) is 9.73. The van der Waals surface area contributed by atoms with E-state index in [2.05, 4.69) is 66.0 Å². The van der Waals surface area contributed by atoms with Gasteiger partial charge in [-0.25, -0.2) is 0 Å². The Morgan fingerprint density at radius 2 is 0.447 bits per heavy atom. The highest BCUT2D eigenvalue weighted by molar-refractivity contribution is 5.70. The molecule has 0 rings (SSSR count). The number of ether oxygens (including phenoxy) is 4. The van der Waals surface area contributed by atoms with Crippen molar-refractivity contribution in [3.8, 4) is 0 Å². The van der Waals surface area contributed by atoms with Crippen LogP contribution in [-0.4, -0.2) is 173 Å². The van der Waals surface area contributed by atoms with Crippen LogP contribution < -0.4 is 0 Å². The monoisotopic (exact) mass is 1080 g/mol. The summed E-state index contributed by atoms with van der Waals surface area (Å²) in [5.41, 5.74) is 0. The van der Waals surface area contributed by atoms with Gasteiger partial charge in [0.05, 0.1) is 52.6 Å². The molecular formula is C63H125N5O8. The maximum absolute atomic E-state index is 12.9. The van der Waals surface area contributed by atoms with Crippen LogP contribution in [0.25, 0.3) is 0 Å². The lowest BCUT2D eigenvalue weighted by Crippen LogP contribution is -2.43. The first-order chi connectivity index (χ1) is 37.1. The van der Waals surface area contributed by atoms with E-state index >= 15 is 0 Å². The van der Waals surface area contributed by atoms with Crippen molar-refractivity contribution in [3.63, 3.8) is 0 Å². The van der Waals surface area contributed by atoms with Crippen molar-refractivity contribution in [1.29, 1.82) is 0 Å². The van der Waals surface area contributed by atoms with Gasteiger partial charge in [-0.05, 0) is 38.9 Å². The van der Waals surface area contributed by atoms with Crippen LogP contribution >= 0.6 is 0 Å². The van der Waals surface area contributed by atoms with E-state index in [1.54, 1.807) is 0 Å². The number of likely N-dealkylation sites (N-methyl/N-ethyl adjacent to an activating group) is 3. The summed E-state index contributed by atoms with van der Waals surface area (Å²) in [6, 6.07) is 0. The van der Waals surface area contributed by atoms with E-state index < -0.39 is 0 Å². The Labute approximate surface area is 469 Å². The quantitative estimate of drug-likeness (QED) is 0.0327. The van der Waals surface area contributed by atoms with Gasteiger partial charge in [0.1, 0.15) is 0 Å². The molecular weight excluding hydrogens is 955 g/mol.